The number of benzene rings is 2. The van der Waals surface area contributed by atoms with E-state index in [1.165, 1.54) is 73.0 Å². The Morgan fingerprint density at radius 1 is 1.06 bits per heavy atom. The molecule has 3 aromatic rings. The third kappa shape index (κ3) is 3.74. The van der Waals surface area contributed by atoms with E-state index in [1.807, 2.05) is 0 Å². The zero-order chi connectivity index (χ0) is 23.3. The molecule has 5 heteroatoms. The average Bonchev–Trinajstić information content (AvgIpc) is 3.64. The molecule has 2 fully saturated rings. The number of hydrogen-bond acceptors (Lipinski definition) is 4. The van der Waals surface area contributed by atoms with Crippen molar-refractivity contribution in [1.29, 1.82) is 0 Å². The molecule has 3 aliphatic rings. The van der Waals surface area contributed by atoms with E-state index >= 15 is 0 Å². The summed E-state index contributed by atoms with van der Waals surface area (Å²) in [6, 6.07) is 17.3. The second-order valence-electron chi connectivity index (χ2n) is 10.8. The summed E-state index contributed by atoms with van der Waals surface area (Å²) in [5, 5.41) is 12.0. The first-order chi connectivity index (χ1) is 16.6. The van der Waals surface area contributed by atoms with Crippen molar-refractivity contribution in [3.63, 3.8) is 0 Å². The molecule has 2 aromatic carbocycles. The number of nitrogens with zero attached hydrogens (tertiary/aromatic N) is 3. The maximum absolute atomic E-state index is 10.7. The predicted octanol–water partition coefficient (Wildman–Crippen LogP) is 4.48. The van der Waals surface area contributed by atoms with E-state index in [0.717, 1.165) is 24.8 Å². The molecule has 2 aliphatic heterocycles. The highest BCUT2D eigenvalue weighted by Crippen LogP contribution is 2.50. The number of methoxy groups -OCH3 is 1. The average molecular weight is 460 g/mol. The number of aryl methyl sites for hydroxylation is 1. The normalized spacial score (nSPS) is 22.9. The Morgan fingerprint density at radius 2 is 1.82 bits per heavy atom. The van der Waals surface area contributed by atoms with Gasteiger partial charge in [-0.1, -0.05) is 30.3 Å². The van der Waals surface area contributed by atoms with Gasteiger partial charge in [0.2, 0.25) is 0 Å². The highest BCUT2D eigenvalue weighted by molar-refractivity contribution is 5.88. The van der Waals surface area contributed by atoms with E-state index in [9.17, 15) is 5.11 Å². The van der Waals surface area contributed by atoms with Crippen molar-refractivity contribution in [2.24, 2.45) is 13.0 Å². The molecule has 0 amide bonds. The fraction of sp³-hybridized carbons (Fsp3) is 0.517. The number of likely N-dealkylation sites (tertiary alicyclic amines) is 1. The lowest BCUT2D eigenvalue weighted by molar-refractivity contribution is 0.0409. The van der Waals surface area contributed by atoms with Gasteiger partial charge < -0.3 is 19.3 Å². The summed E-state index contributed by atoms with van der Waals surface area (Å²) in [6.07, 6.45) is 5.20. The zero-order valence-electron chi connectivity index (χ0n) is 20.5. The van der Waals surface area contributed by atoms with Crippen LogP contribution in [0.3, 0.4) is 0 Å². The van der Waals surface area contributed by atoms with E-state index in [4.69, 9.17) is 4.74 Å². The van der Waals surface area contributed by atoms with Crippen LogP contribution < -0.4 is 4.74 Å². The van der Waals surface area contributed by atoms with Gasteiger partial charge in [0.05, 0.1) is 25.3 Å². The first-order valence-corrected chi connectivity index (χ1v) is 12.9. The van der Waals surface area contributed by atoms with Crippen molar-refractivity contribution in [2.45, 2.75) is 43.7 Å². The topological polar surface area (TPSA) is 40.9 Å². The van der Waals surface area contributed by atoms with Crippen LogP contribution in [-0.2, 0) is 19.0 Å². The number of aromatic nitrogens is 1. The van der Waals surface area contributed by atoms with Gasteiger partial charge in [-0.25, -0.2) is 0 Å². The molecule has 3 heterocycles. The van der Waals surface area contributed by atoms with Crippen LogP contribution in [0, 0.1) is 5.92 Å². The van der Waals surface area contributed by atoms with Gasteiger partial charge >= 0.3 is 0 Å². The number of piperidine rings is 1. The lowest BCUT2D eigenvalue weighted by Crippen LogP contribution is -2.54. The zero-order valence-corrected chi connectivity index (χ0v) is 20.5. The Bertz CT molecular complexity index is 1160. The molecule has 0 radical (unpaired) electrons. The SMILES string of the molecule is COc1ccc2c3c(n(C)c2c1)[C@H](CO)N(Cc1ccccc1)CC31CCN(CC2CC2)CC1. The lowest BCUT2D eigenvalue weighted by atomic mass is 9.68. The van der Waals surface area contributed by atoms with Gasteiger partial charge in [0.25, 0.3) is 0 Å². The van der Waals surface area contributed by atoms with Crippen molar-refractivity contribution < 1.29 is 9.84 Å². The lowest BCUT2D eigenvalue weighted by Gasteiger charge is -2.50. The molecule has 1 saturated heterocycles. The first-order valence-electron chi connectivity index (χ1n) is 12.9. The molecule has 6 rings (SSSR count). The molecule has 180 valence electrons. The summed E-state index contributed by atoms with van der Waals surface area (Å²) in [6.45, 7) is 5.62. The number of hydrogen-bond donors (Lipinski definition) is 1. The van der Waals surface area contributed by atoms with Gasteiger partial charge in [0.1, 0.15) is 5.75 Å². The second-order valence-corrected chi connectivity index (χ2v) is 10.8. The van der Waals surface area contributed by atoms with Crippen LogP contribution in [0.4, 0.5) is 0 Å². The Morgan fingerprint density at radius 3 is 2.50 bits per heavy atom. The minimum Gasteiger partial charge on any atom is -0.497 e. The van der Waals surface area contributed by atoms with Gasteiger partial charge in [-0.15, -0.1) is 0 Å². The van der Waals surface area contributed by atoms with E-state index < -0.39 is 0 Å². The number of fused-ring (bicyclic) bond motifs is 4. The maximum Gasteiger partial charge on any atom is 0.120 e. The summed E-state index contributed by atoms with van der Waals surface area (Å²) in [7, 11) is 3.91. The fourth-order valence-electron chi connectivity index (χ4n) is 6.68. The van der Waals surface area contributed by atoms with Crippen LogP contribution in [0.15, 0.2) is 48.5 Å². The van der Waals surface area contributed by atoms with Gasteiger partial charge in [-0.2, -0.15) is 0 Å². The molecule has 5 nitrogen and oxygen atoms in total. The Labute approximate surface area is 202 Å². The third-order valence-electron chi connectivity index (χ3n) is 8.67. The van der Waals surface area contributed by atoms with Crippen LogP contribution >= 0.6 is 0 Å². The predicted molar refractivity (Wildman–Crippen MR) is 136 cm³/mol. The van der Waals surface area contributed by atoms with Gasteiger partial charge in [0.15, 0.2) is 0 Å². The molecular formula is C29H37N3O2. The molecule has 1 N–H and O–H groups in total. The summed E-state index contributed by atoms with van der Waals surface area (Å²) >= 11 is 0. The molecule has 1 aromatic heterocycles. The first kappa shape index (κ1) is 22.1. The molecule has 1 saturated carbocycles. The van der Waals surface area contributed by atoms with Crippen molar-refractivity contribution in [2.75, 3.05) is 39.9 Å². The second kappa shape index (κ2) is 8.71. The van der Waals surface area contributed by atoms with E-state index in [2.05, 4.69) is 69.9 Å². The minimum atomic E-state index is -0.00582. The van der Waals surface area contributed by atoms with Gasteiger partial charge in [0, 0.05) is 49.2 Å². The molecule has 0 bridgehead atoms. The van der Waals surface area contributed by atoms with Crippen molar-refractivity contribution >= 4 is 10.9 Å². The number of ether oxygens (including phenoxy) is 1. The van der Waals surface area contributed by atoms with Crippen molar-refractivity contribution in [3.8, 4) is 5.75 Å². The number of aliphatic hydroxyl groups excluding tert-OH is 1. The molecule has 1 aliphatic carbocycles. The van der Waals surface area contributed by atoms with Crippen LogP contribution in [0.2, 0.25) is 0 Å². The smallest absolute Gasteiger partial charge is 0.120 e. The van der Waals surface area contributed by atoms with Crippen LogP contribution in [0.25, 0.3) is 10.9 Å². The number of rotatable bonds is 6. The van der Waals surface area contributed by atoms with Crippen molar-refractivity contribution in [3.05, 3.63) is 65.4 Å². The largest absolute Gasteiger partial charge is 0.497 e. The van der Waals surface area contributed by atoms with Gasteiger partial charge in [-0.05, 0) is 68.0 Å². The maximum atomic E-state index is 10.7. The van der Waals surface area contributed by atoms with Crippen LogP contribution in [0.1, 0.15) is 48.5 Å². The summed E-state index contributed by atoms with van der Waals surface area (Å²) in [4.78, 5) is 5.25. The Hall–Kier alpha value is -2.34. The van der Waals surface area contributed by atoms with E-state index in [0.29, 0.717) is 0 Å². The molecule has 34 heavy (non-hydrogen) atoms. The molecule has 1 atom stereocenters. The van der Waals surface area contributed by atoms with Crippen molar-refractivity contribution in [1.82, 2.24) is 14.4 Å². The monoisotopic (exact) mass is 459 g/mol. The molecule has 0 unspecified atom stereocenters. The van der Waals surface area contributed by atoms with Crippen LogP contribution in [0.5, 0.6) is 5.75 Å². The fourth-order valence-corrected chi connectivity index (χ4v) is 6.68. The Kier molecular flexibility index (Phi) is 5.67. The van der Waals surface area contributed by atoms with E-state index in [1.54, 1.807) is 7.11 Å². The van der Waals surface area contributed by atoms with E-state index in [-0.39, 0.29) is 18.1 Å². The summed E-state index contributed by atoms with van der Waals surface area (Å²) < 4.78 is 7.91. The third-order valence-corrected chi connectivity index (χ3v) is 8.67. The quantitative estimate of drug-likeness (QED) is 0.590. The summed E-state index contributed by atoms with van der Waals surface area (Å²) in [5.41, 5.74) is 5.42. The Balaban J connectivity index is 1.45. The standard InChI is InChI=1S/C29H37N3O2/c1-30-25-16-23(34-2)10-11-24(25)27-28(30)26(19-33)32(18-21-6-4-3-5-7-21)20-29(27)12-14-31(15-13-29)17-22-8-9-22/h3-7,10-11,16,22,26,33H,8-9,12-15,17-20H2,1-2H3/t26-/m0/s1. The summed E-state index contributed by atoms with van der Waals surface area (Å²) in [5.74, 6) is 1.83. The van der Waals surface area contributed by atoms with Gasteiger partial charge in [-0.3, -0.25) is 4.90 Å². The highest BCUT2D eigenvalue weighted by Gasteiger charge is 2.48. The van der Waals surface area contributed by atoms with Crippen LogP contribution in [-0.4, -0.2) is 59.4 Å². The minimum absolute atomic E-state index is 0.00582. The number of aliphatic hydroxyl groups is 1. The molecule has 1 spiro atoms. The highest BCUT2D eigenvalue weighted by atomic mass is 16.5. The molecular weight excluding hydrogens is 422 g/mol.